The highest BCUT2D eigenvalue weighted by atomic mass is 16.5. The highest BCUT2D eigenvalue weighted by Crippen LogP contribution is 2.34. The smallest absolute Gasteiger partial charge is 0.142 e. The monoisotopic (exact) mass is 337 g/mol. The summed E-state index contributed by atoms with van der Waals surface area (Å²) in [5.41, 5.74) is 5.45. The topological polar surface area (TPSA) is 60.2 Å². The number of carbonyl (C=O) groups is 2. The van der Waals surface area contributed by atoms with Gasteiger partial charge in [-0.05, 0) is 19.4 Å². The summed E-state index contributed by atoms with van der Waals surface area (Å²) in [6, 6.07) is 18.6. The van der Waals surface area contributed by atoms with Gasteiger partial charge in [-0.1, -0.05) is 72.2 Å². The normalized spacial score (nSPS) is 9.24. The Labute approximate surface area is 148 Å². The zero-order valence-corrected chi connectivity index (χ0v) is 14.9. The van der Waals surface area contributed by atoms with E-state index in [-0.39, 0.29) is 0 Å². The van der Waals surface area contributed by atoms with Gasteiger partial charge in [0.05, 0.1) is 5.56 Å². The molecule has 0 aliphatic heterocycles. The second kappa shape index (κ2) is 10.7. The summed E-state index contributed by atoms with van der Waals surface area (Å²) in [6.45, 7) is 7.85. The van der Waals surface area contributed by atoms with E-state index in [4.69, 9.17) is 9.32 Å². The maximum Gasteiger partial charge on any atom is 0.142 e. The first-order chi connectivity index (χ1) is 12.2. The highest BCUT2D eigenvalue weighted by molar-refractivity contribution is 5.81. The van der Waals surface area contributed by atoms with E-state index in [2.05, 4.69) is 48.5 Å². The fraction of sp³-hybridized carbons (Fsp3) is 0.190. The molecule has 25 heavy (non-hydrogen) atoms. The molecule has 0 atom stereocenters. The molecule has 4 heteroatoms. The lowest BCUT2D eigenvalue weighted by molar-refractivity contribution is -0.107. The molecular formula is C21H23NO3. The molecular weight excluding hydrogens is 314 g/mol. The largest absolute Gasteiger partial charge is 0.360 e. The number of nitrogens with zero attached hydrogens (tertiary/aromatic N) is 1. The van der Waals surface area contributed by atoms with Crippen LogP contribution in [0.1, 0.15) is 24.7 Å². The molecule has 4 nitrogen and oxygen atoms in total. The molecule has 0 amide bonds. The van der Waals surface area contributed by atoms with Crippen molar-refractivity contribution in [3.8, 4) is 22.4 Å². The van der Waals surface area contributed by atoms with Crippen molar-refractivity contribution in [2.45, 2.75) is 27.2 Å². The molecule has 0 aliphatic rings. The van der Waals surface area contributed by atoms with Gasteiger partial charge in [-0.3, -0.25) is 0 Å². The quantitative estimate of drug-likeness (QED) is 0.628. The van der Waals surface area contributed by atoms with Gasteiger partial charge in [0.25, 0.3) is 0 Å². The number of aldehydes is 1. The van der Waals surface area contributed by atoms with Crippen molar-refractivity contribution in [2.24, 2.45) is 0 Å². The Morgan fingerprint density at radius 3 is 2.04 bits per heavy atom. The van der Waals surface area contributed by atoms with Crippen LogP contribution in [0, 0.1) is 13.8 Å². The molecule has 3 rings (SSSR count). The standard InChI is InChI=1S/C17H15NO.C3H6O.CH2O/c1-12-8-10-14(11-9-12)16-13(2)19-18-17(16)15-6-4-3-5-7-15;1-2-3-4;1-2/h3-11H,1-2H3;3H,2H2,1H3;1H2. The highest BCUT2D eigenvalue weighted by Gasteiger charge is 2.15. The summed E-state index contributed by atoms with van der Waals surface area (Å²) < 4.78 is 5.38. The third-order valence-corrected chi connectivity index (χ3v) is 3.42. The lowest BCUT2D eigenvalue weighted by Gasteiger charge is -2.03. The van der Waals surface area contributed by atoms with Crippen LogP contribution >= 0.6 is 0 Å². The number of aryl methyl sites for hydroxylation is 2. The van der Waals surface area contributed by atoms with Crippen LogP contribution in [0.5, 0.6) is 0 Å². The summed E-state index contributed by atoms with van der Waals surface area (Å²) >= 11 is 0. The van der Waals surface area contributed by atoms with E-state index in [1.54, 1.807) is 0 Å². The van der Waals surface area contributed by atoms with Gasteiger partial charge < -0.3 is 14.1 Å². The zero-order valence-electron chi connectivity index (χ0n) is 14.9. The molecule has 0 saturated heterocycles. The summed E-state index contributed by atoms with van der Waals surface area (Å²) in [7, 11) is 0. The van der Waals surface area contributed by atoms with Crippen LogP contribution in [0.4, 0.5) is 0 Å². The lowest BCUT2D eigenvalue weighted by Crippen LogP contribution is -1.84. The third-order valence-electron chi connectivity index (χ3n) is 3.42. The first-order valence-electron chi connectivity index (χ1n) is 7.98. The Morgan fingerprint density at radius 1 is 0.960 bits per heavy atom. The van der Waals surface area contributed by atoms with Crippen molar-refractivity contribution >= 4 is 13.1 Å². The van der Waals surface area contributed by atoms with Crippen molar-refractivity contribution in [1.29, 1.82) is 0 Å². The van der Waals surface area contributed by atoms with Crippen molar-refractivity contribution in [3.05, 3.63) is 65.9 Å². The minimum absolute atomic E-state index is 0.639. The van der Waals surface area contributed by atoms with Crippen LogP contribution in [0.15, 0.2) is 59.1 Å². The second-order valence-electron chi connectivity index (χ2n) is 5.27. The Morgan fingerprint density at radius 2 is 1.52 bits per heavy atom. The molecule has 0 saturated carbocycles. The maximum atomic E-state index is 9.17. The van der Waals surface area contributed by atoms with E-state index in [0.29, 0.717) is 6.42 Å². The van der Waals surface area contributed by atoms with Crippen LogP contribution in [0.25, 0.3) is 22.4 Å². The van der Waals surface area contributed by atoms with E-state index in [1.165, 1.54) is 5.56 Å². The number of hydrogen-bond acceptors (Lipinski definition) is 4. The molecule has 3 aromatic rings. The van der Waals surface area contributed by atoms with E-state index in [9.17, 15) is 4.79 Å². The Bertz CT molecular complexity index is 762. The van der Waals surface area contributed by atoms with Crippen LogP contribution in [-0.4, -0.2) is 18.2 Å². The molecule has 0 aliphatic carbocycles. The molecule has 0 unspecified atom stereocenters. The fourth-order valence-electron chi connectivity index (χ4n) is 2.23. The average Bonchev–Trinajstić information content (AvgIpc) is 3.06. The van der Waals surface area contributed by atoms with Crippen LogP contribution < -0.4 is 0 Å². The minimum atomic E-state index is 0.639. The van der Waals surface area contributed by atoms with Gasteiger partial charge in [0.2, 0.25) is 0 Å². The number of rotatable bonds is 3. The zero-order chi connectivity index (χ0) is 18.7. The minimum Gasteiger partial charge on any atom is -0.360 e. The van der Waals surface area contributed by atoms with Gasteiger partial charge >= 0.3 is 0 Å². The Balaban J connectivity index is 0.000000461. The van der Waals surface area contributed by atoms with E-state index in [1.807, 2.05) is 38.8 Å². The van der Waals surface area contributed by atoms with Gasteiger partial charge in [0, 0.05) is 12.0 Å². The number of hydrogen-bond donors (Lipinski definition) is 0. The predicted octanol–water partition coefficient (Wildman–Crippen LogP) is 5.04. The number of aromatic nitrogens is 1. The second-order valence-corrected chi connectivity index (χ2v) is 5.27. The van der Waals surface area contributed by atoms with Gasteiger partial charge in [-0.2, -0.15) is 0 Å². The third kappa shape index (κ3) is 5.53. The molecule has 0 spiro atoms. The molecule has 0 N–H and O–H groups in total. The van der Waals surface area contributed by atoms with Crippen molar-refractivity contribution in [1.82, 2.24) is 5.16 Å². The molecule has 1 aromatic heterocycles. The van der Waals surface area contributed by atoms with Crippen LogP contribution in [0.3, 0.4) is 0 Å². The van der Waals surface area contributed by atoms with E-state index in [0.717, 1.165) is 34.4 Å². The lowest BCUT2D eigenvalue weighted by atomic mass is 9.99. The van der Waals surface area contributed by atoms with Crippen LogP contribution in [-0.2, 0) is 9.59 Å². The van der Waals surface area contributed by atoms with E-state index < -0.39 is 0 Å². The summed E-state index contributed by atoms with van der Waals surface area (Å²) in [4.78, 5) is 17.2. The van der Waals surface area contributed by atoms with Crippen molar-refractivity contribution in [3.63, 3.8) is 0 Å². The summed E-state index contributed by atoms with van der Waals surface area (Å²) in [6.07, 6.45) is 1.51. The average molecular weight is 337 g/mol. The van der Waals surface area contributed by atoms with Crippen LogP contribution in [0.2, 0.25) is 0 Å². The molecule has 1 heterocycles. The van der Waals surface area contributed by atoms with E-state index >= 15 is 0 Å². The molecule has 0 radical (unpaired) electrons. The van der Waals surface area contributed by atoms with Crippen molar-refractivity contribution in [2.75, 3.05) is 0 Å². The summed E-state index contributed by atoms with van der Waals surface area (Å²) in [5.74, 6) is 0.850. The van der Waals surface area contributed by atoms with Gasteiger partial charge in [-0.15, -0.1) is 0 Å². The van der Waals surface area contributed by atoms with Crippen molar-refractivity contribution < 1.29 is 14.1 Å². The van der Waals surface area contributed by atoms with Gasteiger partial charge in [0.1, 0.15) is 24.5 Å². The SMILES string of the molecule is C=O.CCC=O.Cc1ccc(-c2c(-c3ccccc3)noc2C)cc1. The molecule has 0 fully saturated rings. The molecule has 2 aromatic carbocycles. The van der Waals surface area contributed by atoms with Gasteiger partial charge in [-0.25, -0.2) is 0 Å². The Kier molecular flexibility index (Phi) is 8.58. The number of carbonyl (C=O) groups excluding carboxylic acids is 2. The number of benzene rings is 2. The first kappa shape index (κ1) is 20.0. The Hall–Kier alpha value is -3.01. The molecule has 0 bridgehead atoms. The predicted molar refractivity (Wildman–Crippen MR) is 100 cm³/mol. The van der Waals surface area contributed by atoms with Gasteiger partial charge in [0.15, 0.2) is 0 Å². The first-order valence-corrected chi connectivity index (χ1v) is 7.98. The maximum absolute atomic E-state index is 9.17. The molecule has 130 valence electrons. The summed E-state index contributed by atoms with van der Waals surface area (Å²) in [5, 5.41) is 4.21. The fourth-order valence-corrected chi connectivity index (χ4v) is 2.23.